The molecule has 1 atom stereocenters. The fourth-order valence-corrected chi connectivity index (χ4v) is 3.01. The lowest BCUT2D eigenvalue weighted by molar-refractivity contribution is -0.115. The third kappa shape index (κ3) is 3.85. The summed E-state index contributed by atoms with van der Waals surface area (Å²) in [5.41, 5.74) is 2.01. The van der Waals surface area contributed by atoms with Crippen LogP contribution in [-0.4, -0.2) is 31.4 Å². The summed E-state index contributed by atoms with van der Waals surface area (Å²) in [6.07, 6.45) is 0. The van der Waals surface area contributed by atoms with Gasteiger partial charge < -0.3 is 5.32 Å². The van der Waals surface area contributed by atoms with Crippen molar-refractivity contribution in [3.8, 4) is 5.69 Å². The number of tetrazole rings is 1. The molecule has 0 aliphatic rings. The minimum absolute atomic E-state index is 0.151. The van der Waals surface area contributed by atoms with Gasteiger partial charge in [0, 0.05) is 0 Å². The monoisotopic (exact) mass is 357 g/mol. The quantitative estimate of drug-likeness (QED) is 0.710. The zero-order valence-electron chi connectivity index (χ0n) is 13.7. The molecular weight excluding hydrogens is 341 g/mol. The molecule has 1 N–H and O–H groups in total. The Bertz CT molecular complexity index is 898. The summed E-state index contributed by atoms with van der Waals surface area (Å²) < 4.78 is 15.3. The van der Waals surface area contributed by atoms with E-state index in [1.54, 1.807) is 23.7 Å². The van der Waals surface area contributed by atoms with Gasteiger partial charge in [0.1, 0.15) is 5.82 Å². The fraction of sp³-hybridized carbons (Fsp3) is 0.176. The van der Waals surface area contributed by atoms with Gasteiger partial charge >= 0.3 is 0 Å². The summed E-state index contributed by atoms with van der Waals surface area (Å²) in [7, 11) is 0. The second-order valence-electron chi connectivity index (χ2n) is 5.39. The summed E-state index contributed by atoms with van der Waals surface area (Å²) in [6.45, 7) is 3.68. The summed E-state index contributed by atoms with van der Waals surface area (Å²) >= 11 is 1.21. The number of benzene rings is 2. The summed E-state index contributed by atoms with van der Waals surface area (Å²) in [5, 5.41) is 14.3. The Morgan fingerprint density at radius 1 is 1.20 bits per heavy atom. The van der Waals surface area contributed by atoms with Gasteiger partial charge in [-0.05, 0) is 48.0 Å². The van der Waals surface area contributed by atoms with Crippen molar-refractivity contribution in [3.63, 3.8) is 0 Å². The average Bonchev–Trinajstić information content (AvgIpc) is 3.05. The number of nitrogens with zero attached hydrogens (tertiary/aromatic N) is 4. The first-order chi connectivity index (χ1) is 12.1. The number of carbonyl (C=O) groups is 1. The van der Waals surface area contributed by atoms with Crippen LogP contribution in [0.3, 0.4) is 0 Å². The van der Waals surface area contributed by atoms with Crippen molar-refractivity contribution in [2.75, 3.05) is 5.32 Å². The van der Waals surface area contributed by atoms with Crippen molar-refractivity contribution in [2.24, 2.45) is 0 Å². The number of rotatable bonds is 5. The molecule has 6 nitrogen and oxygen atoms in total. The van der Waals surface area contributed by atoms with Crippen LogP contribution in [0.25, 0.3) is 5.69 Å². The lowest BCUT2D eigenvalue weighted by atomic mass is 10.2. The maximum absolute atomic E-state index is 13.7. The minimum Gasteiger partial charge on any atom is -0.323 e. The highest BCUT2D eigenvalue weighted by Gasteiger charge is 2.20. The van der Waals surface area contributed by atoms with Crippen LogP contribution >= 0.6 is 11.8 Å². The van der Waals surface area contributed by atoms with Crippen LogP contribution in [0.1, 0.15) is 12.5 Å². The van der Waals surface area contributed by atoms with Crippen LogP contribution in [-0.2, 0) is 4.79 Å². The van der Waals surface area contributed by atoms with Gasteiger partial charge in [-0.15, -0.1) is 5.10 Å². The van der Waals surface area contributed by atoms with Crippen LogP contribution in [0.15, 0.2) is 53.7 Å². The first-order valence-corrected chi connectivity index (χ1v) is 8.50. The highest BCUT2D eigenvalue weighted by Crippen LogP contribution is 2.25. The van der Waals surface area contributed by atoms with Crippen molar-refractivity contribution >= 4 is 23.4 Å². The Kier molecular flexibility index (Phi) is 5.08. The van der Waals surface area contributed by atoms with Gasteiger partial charge in [-0.25, -0.2) is 4.39 Å². The van der Waals surface area contributed by atoms with E-state index in [-0.39, 0.29) is 11.6 Å². The van der Waals surface area contributed by atoms with Crippen molar-refractivity contribution in [1.82, 2.24) is 20.2 Å². The van der Waals surface area contributed by atoms with Gasteiger partial charge in [-0.3, -0.25) is 4.79 Å². The zero-order chi connectivity index (χ0) is 17.8. The van der Waals surface area contributed by atoms with E-state index in [1.807, 2.05) is 31.2 Å². The molecule has 0 radical (unpaired) electrons. The van der Waals surface area contributed by atoms with Crippen LogP contribution in [0, 0.1) is 12.7 Å². The number of aromatic nitrogens is 4. The Labute approximate surface area is 148 Å². The second kappa shape index (κ2) is 7.43. The number of halogens is 1. The number of aryl methyl sites for hydroxylation is 1. The molecule has 1 amide bonds. The minimum atomic E-state index is -0.506. The Balaban J connectivity index is 1.75. The molecule has 0 bridgehead atoms. The standard InChI is InChI=1S/C17H16FN5OS/c1-11-7-3-6-10-15(11)23-17(20-21-22-23)25-12(2)16(24)19-14-9-5-4-8-13(14)18/h3-10,12H,1-2H3,(H,19,24). The van der Waals surface area contributed by atoms with E-state index in [0.717, 1.165) is 11.3 Å². The van der Waals surface area contributed by atoms with Gasteiger partial charge in [0.05, 0.1) is 16.6 Å². The lowest BCUT2D eigenvalue weighted by Crippen LogP contribution is -2.23. The largest absolute Gasteiger partial charge is 0.323 e. The molecule has 1 unspecified atom stereocenters. The molecular formula is C17H16FN5OS. The van der Waals surface area contributed by atoms with Gasteiger partial charge in [0.15, 0.2) is 0 Å². The van der Waals surface area contributed by atoms with Crippen molar-refractivity contribution in [3.05, 3.63) is 59.9 Å². The number of anilines is 1. The van der Waals surface area contributed by atoms with Crippen molar-refractivity contribution < 1.29 is 9.18 Å². The number of hydrogen-bond acceptors (Lipinski definition) is 5. The molecule has 0 spiro atoms. The highest BCUT2D eigenvalue weighted by atomic mass is 32.2. The number of amides is 1. The SMILES string of the molecule is Cc1ccccc1-n1nnnc1SC(C)C(=O)Nc1ccccc1F. The molecule has 3 rings (SSSR count). The van der Waals surface area contributed by atoms with E-state index in [9.17, 15) is 9.18 Å². The number of hydrogen-bond donors (Lipinski definition) is 1. The highest BCUT2D eigenvalue weighted by molar-refractivity contribution is 8.00. The van der Waals surface area contributed by atoms with E-state index in [0.29, 0.717) is 5.16 Å². The van der Waals surface area contributed by atoms with Crippen LogP contribution in [0.2, 0.25) is 0 Å². The lowest BCUT2D eigenvalue weighted by Gasteiger charge is -2.12. The molecule has 2 aromatic carbocycles. The smallest absolute Gasteiger partial charge is 0.237 e. The summed E-state index contributed by atoms with van der Waals surface area (Å²) in [4.78, 5) is 12.3. The number of thioether (sulfide) groups is 1. The molecule has 0 aliphatic heterocycles. The second-order valence-corrected chi connectivity index (χ2v) is 6.70. The molecule has 1 aromatic heterocycles. The van der Waals surface area contributed by atoms with Gasteiger partial charge in [0.2, 0.25) is 11.1 Å². The maximum atomic E-state index is 13.7. The van der Waals surface area contributed by atoms with Crippen LogP contribution < -0.4 is 5.32 Å². The van der Waals surface area contributed by atoms with Crippen molar-refractivity contribution in [2.45, 2.75) is 24.3 Å². The Morgan fingerprint density at radius 3 is 2.68 bits per heavy atom. The average molecular weight is 357 g/mol. The fourth-order valence-electron chi connectivity index (χ4n) is 2.21. The van der Waals surface area contributed by atoms with Crippen LogP contribution in [0.5, 0.6) is 0 Å². The van der Waals surface area contributed by atoms with Crippen LogP contribution in [0.4, 0.5) is 10.1 Å². The number of nitrogens with one attached hydrogen (secondary N) is 1. The summed E-state index contributed by atoms with van der Waals surface area (Å²) in [5.74, 6) is -0.799. The molecule has 128 valence electrons. The normalized spacial score (nSPS) is 12.0. The molecule has 25 heavy (non-hydrogen) atoms. The van der Waals surface area contributed by atoms with E-state index in [1.165, 1.54) is 23.9 Å². The van der Waals surface area contributed by atoms with E-state index in [2.05, 4.69) is 20.8 Å². The Hall–Kier alpha value is -2.74. The first-order valence-electron chi connectivity index (χ1n) is 7.62. The molecule has 0 saturated carbocycles. The first kappa shape index (κ1) is 17.1. The third-order valence-electron chi connectivity index (χ3n) is 3.57. The number of carbonyl (C=O) groups excluding carboxylic acids is 1. The van der Waals surface area contributed by atoms with E-state index < -0.39 is 11.1 Å². The predicted molar refractivity (Wildman–Crippen MR) is 94.2 cm³/mol. The zero-order valence-corrected chi connectivity index (χ0v) is 14.5. The molecule has 8 heteroatoms. The van der Waals surface area contributed by atoms with E-state index >= 15 is 0 Å². The molecule has 0 saturated heterocycles. The maximum Gasteiger partial charge on any atom is 0.237 e. The predicted octanol–water partition coefficient (Wildman–Crippen LogP) is 3.23. The molecule has 1 heterocycles. The third-order valence-corrected chi connectivity index (χ3v) is 4.60. The molecule has 0 aliphatic carbocycles. The van der Waals surface area contributed by atoms with Gasteiger partial charge in [-0.1, -0.05) is 42.1 Å². The van der Waals surface area contributed by atoms with Crippen molar-refractivity contribution in [1.29, 1.82) is 0 Å². The van der Waals surface area contributed by atoms with E-state index in [4.69, 9.17) is 0 Å². The number of para-hydroxylation sites is 2. The summed E-state index contributed by atoms with van der Waals surface area (Å²) in [6, 6.07) is 13.7. The Morgan fingerprint density at radius 2 is 1.92 bits per heavy atom. The van der Waals surface area contributed by atoms with Gasteiger partial charge in [-0.2, -0.15) is 4.68 Å². The topological polar surface area (TPSA) is 72.7 Å². The molecule has 3 aromatic rings. The van der Waals surface area contributed by atoms with Gasteiger partial charge in [0.25, 0.3) is 0 Å². The molecule has 0 fully saturated rings.